The summed E-state index contributed by atoms with van der Waals surface area (Å²) in [6, 6.07) is 7.25. The topological polar surface area (TPSA) is 72.6 Å². The van der Waals surface area contributed by atoms with E-state index in [1.165, 1.54) is 11.4 Å². The van der Waals surface area contributed by atoms with Crippen molar-refractivity contribution < 1.29 is 13.2 Å². The first kappa shape index (κ1) is 14.9. The number of nitrogen functional groups attached to an aromatic ring is 1. The normalized spacial score (nSPS) is 11.9. The fourth-order valence-electron chi connectivity index (χ4n) is 1.62. The molecule has 0 aliphatic heterocycles. The molecule has 1 aromatic rings. The third-order valence-electron chi connectivity index (χ3n) is 2.60. The standard InChI is InChI=1S/C12H20N2O3S/c1-3-14(18(15,16)8-7-17-2)10-11-5-4-6-12(13)9-11/h4-6,9H,3,7-8,10,13H2,1-2H3. The summed E-state index contributed by atoms with van der Waals surface area (Å²) in [6.45, 7) is 2.79. The Balaban J connectivity index is 2.78. The molecule has 0 radical (unpaired) electrons. The number of hydrogen-bond acceptors (Lipinski definition) is 4. The molecule has 0 aromatic heterocycles. The smallest absolute Gasteiger partial charge is 0.216 e. The van der Waals surface area contributed by atoms with Gasteiger partial charge in [-0.1, -0.05) is 19.1 Å². The van der Waals surface area contributed by atoms with Crippen LogP contribution in [0.2, 0.25) is 0 Å². The van der Waals surface area contributed by atoms with E-state index >= 15 is 0 Å². The summed E-state index contributed by atoms with van der Waals surface area (Å²) in [7, 11) is -1.79. The molecule has 6 heteroatoms. The van der Waals surface area contributed by atoms with Crippen molar-refractivity contribution >= 4 is 15.7 Å². The summed E-state index contributed by atoms with van der Waals surface area (Å²) in [5.41, 5.74) is 7.20. The lowest BCUT2D eigenvalue weighted by Crippen LogP contribution is -2.33. The molecule has 0 heterocycles. The number of nitrogens with two attached hydrogens (primary N) is 1. The Labute approximate surface area is 109 Å². The van der Waals surface area contributed by atoms with E-state index in [0.29, 0.717) is 18.8 Å². The van der Waals surface area contributed by atoms with Gasteiger partial charge in [-0.2, -0.15) is 4.31 Å². The van der Waals surface area contributed by atoms with Crippen molar-refractivity contribution in [3.63, 3.8) is 0 Å². The highest BCUT2D eigenvalue weighted by Crippen LogP contribution is 2.12. The molecule has 0 aliphatic rings. The van der Waals surface area contributed by atoms with Gasteiger partial charge in [-0.15, -0.1) is 0 Å². The van der Waals surface area contributed by atoms with E-state index in [0.717, 1.165) is 5.56 Å². The van der Waals surface area contributed by atoms with Crippen LogP contribution in [0.5, 0.6) is 0 Å². The molecule has 0 aliphatic carbocycles. The number of methoxy groups -OCH3 is 1. The van der Waals surface area contributed by atoms with Gasteiger partial charge in [0.2, 0.25) is 10.0 Å². The maximum Gasteiger partial charge on any atom is 0.216 e. The van der Waals surface area contributed by atoms with E-state index < -0.39 is 10.0 Å². The van der Waals surface area contributed by atoms with Crippen molar-refractivity contribution in [3.8, 4) is 0 Å². The summed E-state index contributed by atoms with van der Waals surface area (Å²) in [5, 5.41) is 0. The van der Waals surface area contributed by atoms with E-state index in [1.807, 2.05) is 19.1 Å². The lowest BCUT2D eigenvalue weighted by Gasteiger charge is -2.20. The fourth-order valence-corrected chi connectivity index (χ4v) is 2.99. The minimum absolute atomic E-state index is 0.000342. The van der Waals surface area contributed by atoms with Crippen LogP contribution in [0, 0.1) is 0 Å². The second-order valence-corrected chi connectivity index (χ2v) is 6.07. The number of sulfonamides is 1. The van der Waals surface area contributed by atoms with Crippen molar-refractivity contribution in [2.24, 2.45) is 0 Å². The molecule has 102 valence electrons. The Bertz CT molecular complexity index is 474. The SMILES string of the molecule is CCN(Cc1cccc(N)c1)S(=O)(=O)CCOC. The van der Waals surface area contributed by atoms with Gasteiger partial charge in [0.15, 0.2) is 0 Å². The average Bonchev–Trinajstić information content (AvgIpc) is 2.33. The van der Waals surface area contributed by atoms with Gasteiger partial charge in [0.25, 0.3) is 0 Å². The van der Waals surface area contributed by atoms with Crippen LogP contribution in [0.3, 0.4) is 0 Å². The van der Waals surface area contributed by atoms with E-state index in [2.05, 4.69) is 0 Å². The van der Waals surface area contributed by atoms with Gasteiger partial charge < -0.3 is 10.5 Å². The molecule has 0 saturated carbocycles. The predicted molar refractivity (Wildman–Crippen MR) is 72.6 cm³/mol. The van der Waals surface area contributed by atoms with Gasteiger partial charge in [-0.25, -0.2) is 8.42 Å². The van der Waals surface area contributed by atoms with Crippen LogP contribution in [-0.4, -0.2) is 38.7 Å². The van der Waals surface area contributed by atoms with E-state index in [4.69, 9.17) is 10.5 Å². The molecule has 5 nitrogen and oxygen atoms in total. The third kappa shape index (κ3) is 4.29. The van der Waals surface area contributed by atoms with Gasteiger partial charge in [0.1, 0.15) is 0 Å². The molecular formula is C12H20N2O3S. The highest BCUT2D eigenvalue weighted by Gasteiger charge is 2.20. The van der Waals surface area contributed by atoms with Gasteiger partial charge >= 0.3 is 0 Å². The second-order valence-electron chi connectivity index (χ2n) is 3.98. The molecule has 2 N–H and O–H groups in total. The monoisotopic (exact) mass is 272 g/mol. The summed E-state index contributed by atoms with van der Waals surface area (Å²) >= 11 is 0. The average molecular weight is 272 g/mol. The quantitative estimate of drug-likeness (QED) is 0.754. The zero-order valence-electron chi connectivity index (χ0n) is 10.8. The summed E-state index contributed by atoms with van der Waals surface area (Å²) in [5.74, 6) is -0.000342. The number of rotatable bonds is 7. The molecule has 0 spiro atoms. The Morgan fingerprint density at radius 3 is 2.67 bits per heavy atom. The third-order valence-corrected chi connectivity index (χ3v) is 4.46. The van der Waals surface area contributed by atoms with E-state index in [9.17, 15) is 8.42 Å². The maximum atomic E-state index is 12.0. The summed E-state index contributed by atoms with van der Waals surface area (Å²) < 4.78 is 30.3. The fraction of sp³-hybridized carbons (Fsp3) is 0.500. The Kier molecular flexibility index (Phi) is 5.58. The van der Waals surface area contributed by atoms with E-state index in [1.54, 1.807) is 12.1 Å². The van der Waals surface area contributed by atoms with Crippen molar-refractivity contribution in [2.45, 2.75) is 13.5 Å². The molecule has 0 fully saturated rings. The number of anilines is 1. The Morgan fingerprint density at radius 2 is 2.11 bits per heavy atom. The highest BCUT2D eigenvalue weighted by molar-refractivity contribution is 7.89. The van der Waals surface area contributed by atoms with Crippen LogP contribution >= 0.6 is 0 Å². The molecular weight excluding hydrogens is 252 g/mol. The number of hydrogen-bond donors (Lipinski definition) is 1. The number of benzene rings is 1. The first-order valence-electron chi connectivity index (χ1n) is 5.80. The first-order valence-corrected chi connectivity index (χ1v) is 7.41. The van der Waals surface area contributed by atoms with Crippen LogP contribution in [0.1, 0.15) is 12.5 Å². The van der Waals surface area contributed by atoms with Gasteiger partial charge in [-0.3, -0.25) is 0 Å². The van der Waals surface area contributed by atoms with Gasteiger partial charge in [0.05, 0.1) is 12.4 Å². The Morgan fingerprint density at radius 1 is 1.39 bits per heavy atom. The molecule has 0 bridgehead atoms. The second kappa shape index (κ2) is 6.72. The van der Waals surface area contributed by atoms with Crippen molar-refractivity contribution in [3.05, 3.63) is 29.8 Å². The highest BCUT2D eigenvalue weighted by atomic mass is 32.2. The summed E-state index contributed by atoms with van der Waals surface area (Å²) in [4.78, 5) is 0. The molecule has 0 unspecified atom stereocenters. The molecule has 0 amide bonds. The van der Waals surface area contributed by atoms with Gasteiger partial charge in [0, 0.05) is 25.9 Å². The minimum atomic E-state index is -3.28. The zero-order chi connectivity index (χ0) is 13.6. The summed E-state index contributed by atoms with van der Waals surface area (Å²) in [6.07, 6.45) is 0. The van der Waals surface area contributed by atoms with Crippen molar-refractivity contribution in [1.82, 2.24) is 4.31 Å². The number of ether oxygens (including phenoxy) is 1. The van der Waals surface area contributed by atoms with E-state index in [-0.39, 0.29) is 12.4 Å². The van der Waals surface area contributed by atoms with Crippen LogP contribution in [0.4, 0.5) is 5.69 Å². The van der Waals surface area contributed by atoms with Crippen molar-refractivity contribution in [1.29, 1.82) is 0 Å². The molecule has 0 atom stereocenters. The Hall–Kier alpha value is -1.11. The lowest BCUT2D eigenvalue weighted by atomic mass is 10.2. The predicted octanol–water partition coefficient (Wildman–Crippen LogP) is 1.07. The van der Waals surface area contributed by atoms with Crippen molar-refractivity contribution in [2.75, 3.05) is 31.7 Å². The molecule has 1 aromatic carbocycles. The lowest BCUT2D eigenvalue weighted by molar-refractivity contribution is 0.215. The van der Waals surface area contributed by atoms with Crippen LogP contribution < -0.4 is 5.73 Å². The minimum Gasteiger partial charge on any atom is -0.399 e. The number of nitrogens with zero attached hydrogens (tertiary/aromatic N) is 1. The molecule has 18 heavy (non-hydrogen) atoms. The zero-order valence-corrected chi connectivity index (χ0v) is 11.6. The van der Waals surface area contributed by atoms with Crippen LogP contribution in [0.15, 0.2) is 24.3 Å². The van der Waals surface area contributed by atoms with Gasteiger partial charge in [-0.05, 0) is 17.7 Å². The van der Waals surface area contributed by atoms with Crippen LogP contribution in [-0.2, 0) is 21.3 Å². The first-order chi connectivity index (χ1) is 8.49. The maximum absolute atomic E-state index is 12.0. The molecule has 1 rings (SSSR count). The molecule has 0 saturated heterocycles. The largest absolute Gasteiger partial charge is 0.399 e. The van der Waals surface area contributed by atoms with Crippen LogP contribution in [0.25, 0.3) is 0 Å².